The summed E-state index contributed by atoms with van der Waals surface area (Å²) in [5.41, 5.74) is -0.881. The van der Waals surface area contributed by atoms with Crippen molar-refractivity contribution < 1.29 is 78.6 Å². The number of aromatic amines is 1. The van der Waals surface area contributed by atoms with Crippen LogP contribution in [0, 0.1) is 11.6 Å². The molecule has 6 N–H and O–H groups in total. The molecular weight excluding hydrogens is 1070 g/mol. The lowest BCUT2D eigenvalue weighted by Gasteiger charge is -2.26. The Kier molecular flexibility index (Phi) is 18.7. The number of imidazole rings is 1. The Labute approximate surface area is 449 Å². The number of hydrogen-bond acceptors (Lipinski definition) is 14. The van der Waals surface area contributed by atoms with Crippen molar-refractivity contribution in [1.82, 2.24) is 41.1 Å². The van der Waals surface area contributed by atoms with Crippen LogP contribution < -0.4 is 32.0 Å². The number of halogens is 6. The van der Waals surface area contributed by atoms with Crippen molar-refractivity contribution in [3.63, 3.8) is 0 Å². The summed E-state index contributed by atoms with van der Waals surface area (Å²) in [5, 5.41) is 13.4. The molecule has 0 saturated carbocycles. The van der Waals surface area contributed by atoms with E-state index in [-0.39, 0.29) is 81.7 Å². The van der Waals surface area contributed by atoms with E-state index in [4.69, 9.17) is 9.15 Å². The summed E-state index contributed by atoms with van der Waals surface area (Å²) in [6, 6.07) is 5.94. The van der Waals surface area contributed by atoms with Gasteiger partial charge in [-0.15, -0.1) is 0 Å². The quantitative estimate of drug-likeness (QED) is 0.0159. The predicted octanol–water partition coefficient (Wildman–Crippen LogP) is 4.57. The van der Waals surface area contributed by atoms with Gasteiger partial charge in [-0.25, -0.2) is 18.2 Å². The first-order valence-electron chi connectivity index (χ1n) is 24.4. The largest absolute Gasteiger partial charge is 0.469 e. The van der Waals surface area contributed by atoms with E-state index >= 15 is 0 Å². The molecule has 0 radical (unpaired) electrons. The Morgan fingerprint density at radius 1 is 0.800 bits per heavy atom. The highest BCUT2D eigenvalue weighted by atomic mass is 19.4. The topological polar surface area (TPSA) is 279 Å². The maximum Gasteiger partial charge on any atom is 0.416 e. The van der Waals surface area contributed by atoms with E-state index in [2.05, 4.69) is 41.3 Å². The second-order valence-electron chi connectivity index (χ2n) is 18.2. The van der Waals surface area contributed by atoms with Gasteiger partial charge in [-0.2, -0.15) is 13.2 Å². The first-order chi connectivity index (χ1) is 38.1. The van der Waals surface area contributed by atoms with Gasteiger partial charge in [-0.05, 0) is 72.5 Å². The number of hydrogen-bond donors (Lipinski definition) is 6. The van der Waals surface area contributed by atoms with Crippen molar-refractivity contribution in [3.05, 3.63) is 135 Å². The number of carbonyl (C=O) groups is 8. The van der Waals surface area contributed by atoms with Gasteiger partial charge in [0.25, 0.3) is 5.91 Å². The molecular formula is C54H50F6N8O12. The summed E-state index contributed by atoms with van der Waals surface area (Å²) in [5.74, 6) is -8.65. The van der Waals surface area contributed by atoms with Crippen LogP contribution in [0.25, 0.3) is 44.3 Å². The zero-order valence-electron chi connectivity index (χ0n) is 42.7. The third kappa shape index (κ3) is 13.9. The summed E-state index contributed by atoms with van der Waals surface area (Å²) < 4.78 is 101. The molecule has 20 nitrogen and oxygen atoms in total. The number of rotatable bonds is 24. The Hall–Kier alpha value is -9.20. The van der Waals surface area contributed by atoms with Crippen LogP contribution in [0.1, 0.15) is 56.8 Å². The molecule has 2 aromatic heterocycles. The van der Waals surface area contributed by atoms with E-state index in [1.165, 1.54) is 60.7 Å². The van der Waals surface area contributed by atoms with Crippen LogP contribution in [0.3, 0.4) is 0 Å². The molecule has 26 heteroatoms. The smallest absolute Gasteiger partial charge is 0.416 e. The summed E-state index contributed by atoms with van der Waals surface area (Å²) in [4.78, 5) is 125. The summed E-state index contributed by atoms with van der Waals surface area (Å²) >= 11 is 0. The molecule has 3 heterocycles. The van der Waals surface area contributed by atoms with Gasteiger partial charge in [0.1, 0.15) is 42.0 Å². The number of aldehydes is 1. The van der Waals surface area contributed by atoms with Gasteiger partial charge in [0, 0.05) is 95.7 Å². The van der Waals surface area contributed by atoms with Gasteiger partial charge in [-0.1, -0.05) is 12.1 Å². The van der Waals surface area contributed by atoms with Crippen LogP contribution in [0.5, 0.6) is 0 Å². The molecule has 7 rings (SSSR count). The predicted molar refractivity (Wildman–Crippen MR) is 273 cm³/mol. The number of fused-ring (bicyclic) bond motifs is 3. The van der Waals surface area contributed by atoms with E-state index < -0.39 is 120 Å². The van der Waals surface area contributed by atoms with Crippen LogP contribution in [0.4, 0.5) is 26.3 Å². The fraction of sp³-hybridized carbons (Fsp3) is 0.296. The van der Waals surface area contributed by atoms with Crippen molar-refractivity contribution in [2.45, 2.75) is 62.4 Å². The average molecular weight is 1120 g/mol. The number of nitrogens with one attached hydrogen (secondary N) is 6. The summed E-state index contributed by atoms with van der Waals surface area (Å²) in [6.07, 6.45) is -2.46. The van der Waals surface area contributed by atoms with Crippen LogP contribution in [-0.2, 0) is 64.3 Å². The van der Waals surface area contributed by atoms with Crippen LogP contribution in [0.2, 0.25) is 0 Å². The van der Waals surface area contributed by atoms with Gasteiger partial charge in [0.2, 0.25) is 23.2 Å². The third-order valence-electron chi connectivity index (χ3n) is 12.9. The number of esters is 2. The minimum absolute atomic E-state index is 0.0316. The number of alkyl halides is 4. The standard InChI is InChI=1S/C54H50F6N8O12/c1-68-24-28(33-8-5-30(16-42(33)68)54(58,59)60)15-40(52(76)65-38(9-11-47(72)78-2)51(75)67-41(18-32-23-61-26-64-32)53(77)66-39(44(71)22-55)20-48(73)79-3)62-12-13-63-50(74)27-4-7-34(29(14-27)25-69)49-35-17-31(56)6-10-45(35)80-46-21-43(70)37(57)19-36(46)49/h4-8,10,14,16-17,19,21,23-26,38-41,62H,9,11-13,15,18,20,22H2,1-3H3,(H,61,64)(H,63,74)(H,65,76)(H,66,77)(H,67,75). The lowest BCUT2D eigenvalue weighted by Crippen LogP contribution is -2.58. The van der Waals surface area contributed by atoms with Crippen molar-refractivity contribution in [3.8, 4) is 22.5 Å². The molecule has 4 amide bonds. The maximum atomic E-state index is 14.7. The number of H-pyrrole nitrogens is 1. The van der Waals surface area contributed by atoms with Crippen molar-refractivity contribution >= 4 is 69.5 Å². The number of aryl methyl sites for hydroxylation is 1. The molecule has 1 aliphatic heterocycles. The van der Waals surface area contributed by atoms with Gasteiger partial charge in [0.05, 0.1) is 38.6 Å². The van der Waals surface area contributed by atoms with Gasteiger partial charge in [-0.3, -0.25) is 43.2 Å². The van der Waals surface area contributed by atoms with Crippen LogP contribution in [0.15, 0.2) is 94.7 Å². The highest BCUT2D eigenvalue weighted by Gasteiger charge is 2.34. The van der Waals surface area contributed by atoms with Crippen LogP contribution in [-0.4, -0.2) is 120 Å². The van der Waals surface area contributed by atoms with E-state index in [0.717, 1.165) is 50.6 Å². The third-order valence-corrected chi connectivity index (χ3v) is 12.9. The number of benzene rings is 4. The Bertz CT molecular complexity index is 3530. The van der Waals surface area contributed by atoms with E-state index in [0.29, 0.717) is 17.2 Å². The number of methoxy groups -OCH3 is 2. The second-order valence-corrected chi connectivity index (χ2v) is 18.2. The molecule has 3 aromatic carbocycles. The van der Waals surface area contributed by atoms with Crippen LogP contribution >= 0.6 is 0 Å². The molecule has 0 spiro atoms. The van der Waals surface area contributed by atoms with Gasteiger partial charge >= 0.3 is 18.1 Å². The highest BCUT2D eigenvalue weighted by molar-refractivity contribution is 6.07. The molecule has 420 valence electrons. The molecule has 80 heavy (non-hydrogen) atoms. The average Bonchev–Trinajstić information content (AvgIpc) is 4.17. The minimum atomic E-state index is -4.69. The molecule has 2 aliphatic rings. The minimum Gasteiger partial charge on any atom is -0.469 e. The number of ketones is 1. The molecule has 4 atom stereocenters. The summed E-state index contributed by atoms with van der Waals surface area (Å²) in [6.45, 7) is -2.00. The number of Topliss-reactive ketones (excluding diaryl/α,β-unsaturated/α-hetero) is 1. The second kappa shape index (κ2) is 25.5. The molecule has 1 aliphatic carbocycles. The monoisotopic (exact) mass is 1120 g/mol. The van der Waals surface area contributed by atoms with Crippen molar-refractivity contribution in [2.75, 3.05) is 34.0 Å². The molecule has 0 fully saturated rings. The Balaban J connectivity index is 1.14. The fourth-order valence-corrected chi connectivity index (χ4v) is 8.86. The molecule has 5 aromatic rings. The first-order valence-corrected chi connectivity index (χ1v) is 24.4. The lowest BCUT2D eigenvalue weighted by atomic mass is 9.90. The number of amides is 4. The maximum absolute atomic E-state index is 14.7. The zero-order chi connectivity index (χ0) is 58.0. The van der Waals surface area contributed by atoms with E-state index in [1.807, 2.05) is 0 Å². The summed E-state index contributed by atoms with van der Waals surface area (Å²) in [7, 11) is 3.57. The Morgan fingerprint density at radius 2 is 1.51 bits per heavy atom. The normalized spacial score (nSPS) is 13.0. The Morgan fingerprint density at radius 3 is 2.20 bits per heavy atom. The van der Waals surface area contributed by atoms with E-state index in [9.17, 15) is 69.5 Å². The molecule has 4 unspecified atom stereocenters. The number of aromatic nitrogens is 3. The van der Waals surface area contributed by atoms with E-state index in [1.54, 1.807) is 0 Å². The first kappa shape index (κ1) is 58.5. The SMILES string of the molecule is COC(=O)CCC(NC(=O)C(Cc1cn(C)c2cc(C(F)(F)F)ccc12)NCCNC(=O)c1ccc(-c2c3cc(F)c(=O)cc-3oc3ccc(F)cc23)c(C=O)c1)C(=O)NC(Cc1cnc[nH]1)C(=O)NC(CC(=O)OC)C(=O)CF. The van der Waals surface area contributed by atoms with Crippen molar-refractivity contribution in [1.29, 1.82) is 0 Å². The number of ether oxygens (including phenoxy) is 2. The molecule has 0 bridgehead atoms. The number of nitrogens with zero attached hydrogens (tertiary/aromatic N) is 2. The zero-order valence-corrected chi connectivity index (χ0v) is 42.7. The fourth-order valence-electron chi connectivity index (χ4n) is 8.86. The van der Waals surface area contributed by atoms with Gasteiger partial charge < -0.3 is 50.0 Å². The highest BCUT2D eigenvalue weighted by Crippen LogP contribution is 2.42. The lowest BCUT2D eigenvalue weighted by molar-refractivity contribution is -0.144. The van der Waals surface area contributed by atoms with Gasteiger partial charge in [0.15, 0.2) is 17.9 Å². The molecule has 0 saturated heterocycles. The van der Waals surface area contributed by atoms with Crippen molar-refractivity contribution in [2.24, 2.45) is 7.05 Å². The number of carbonyl (C=O) groups excluding carboxylic acids is 8.